The summed E-state index contributed by atoms with van der Waals surface area (Å²) >= 11 is 4.16. The highest BCUT2D eigenvalue weighted by Gasteiger charge is 2.37. The van der Waals surface area contributed by atoms with E-state index in [1.807, 2.05) is 19.1 Å². The summed E-state index contributed by atoms with van der Waals surface area (Å²) in [6, 6.07) is 10.2. The molecule has 3 amide bonds. The number of aryl methyl sites for hydroxylation is 1. The Hall–Kier alpha value is -3.15. The van der Waals surface area contributed by atoms with Gasteiger partial charge in [0.1, 0.15) is 6.54 Å². The fourth-order valence-electron chi connectivity index (χ4n) is 3.60. The average Bonchev–Trinajstić information content (AvgIpc) is 3.13. The molecule has 0 atom stereocenters. The first kappa shape index (κ1) is 25.9. The van der Waals surface area contributed by atoms with E-state index in [1.165, 1.54) is 13.2 Å². The summed E-state index contributed by atoms with van der Waals surface area (Å²) < 4.78 is 16.6. The fraction of sp³-hybridized carbons (Fsp3) is 0.280. The number of nitrogens with zero attached hydrogens (tertiary/aromatic N) is 2. The average molecular weight is 575 g/mol. The number of rotatable bonds is 6. The van der Waals surface area contributed by atoms with Crippen molar-refractivity contribution in [3.8, 4) is 11.5 Å². The zero-order valence-electron chi connectivity index (χ0n) is 19.6. The quantitative estimate of drug-likeness (QED) is 0.291. The van der Waals surface area contributed by atoms with Crippen molar-refractivity contribution in [3.05, 3.63) is 62.5 Å². The van der Waals surface area contributed by atoms with Crippen LogP contribution >= 0.6 is 27.7 Å². The van der Waals surface area contributed by atoms with Crippen molar-refractivity contribution >= 4 is 56.8 Å². The van der Waals surface area contributed by atoms with Crippen LogP contribution in [0, 0.1) is 6.92 Å². The predicted octanol–water partition coefficient (Wildman–Crippen LogP) is 3.88. The Bertz CT molecular complexity index is 1240. The van der Waals surface area contributed by atoms with Gasteiger partial charge in [-0.3, -0.25) is 19.3 Å². The van der Waals surface area contributed by atoms with Crippen LogP contribution in [0.4, 0.5) is 4.79 Å². The van der Waals surface area contributed by atoms with E-state index in [4.69, 9.17) is 14.2 Å². The number of amides is 3. The number of hydrogen-bond acceptors (Lipinski definition) is 8. The highest BCUT2D eigenvalue weighted by atomic mass is 79.9. The molecule has 2 aromatic rings. The smallest absolute Gasteiger partial charge is 0.343 e. The second-order valence-electron chi connectivity index (χ2n) is 8.05. The fourth-order valence-corrected chi connectivity index (χ4v) is 4.98. The van der Waals surface area contributed by atoms with Crippen LogP contribution in [0.15, 0.2) is 45.8 Å². The van der Waals surface area contributed by atoms with E-state index in [9.17, 15) is 19.2 Å². The van der Waals surface area contributed by atoms with Crippen LogP contribution in [-0.4, -0.2) is 72.8 Å². The van der Waals surface area contributed by atoms with Gasteiger partial charge < -0.3 is 19.1 Å². The van der Waals surface area contributed by atoms with E-state index in [1.54, 1.807) is 29.2 Å². The first-order chi connectivity index (χ1) is 17.3. The molecule has 0 saturated carbocycles. The van der Waals surface area contributed by atoms with E-state index >= 15 is 0 Å². The highest BCUT2D eigenvalue weighted by Crippen LogP contribution is 2.39. The summed E-state index contributed by atoms with van der Waals surface area (Å²) in [6.07, 6.45) is 1.53. The third kappa shape index (κ3) is 5.80. The van der Waals surface area contributed by atoms with E-state index in [-0.39, 0.29) is 28.9 Å². The van der Waals surface area contributed by atoms with Gasteiger partial charge in [0.25, 0.3) is 11.1 Å². The van der Waals surface area contributed by atoms with E-state index in [0.29, 0.717) is 41.9 Å². The second kappa shape index (κ2) is 11.3. The molecule has 0 radical (unpaired) electrons. The summed E-state index contributed by atoms with van der Waals surface area (Å²) in [5, 5.41) is -0.512. The molecule has 4 rings (SSSR count). The Morgan fingerprint density at radius 3 is 2.50 bits per heavy atom. The summed E-state index contributed by atoms with van der Waals surface area (Å²) in [5.41, 5.74) is 1.95. The molecule has 0 bridgehead atoms. The first-order valence-corrected chi connectivity index (χ1v) is 12.6. The van der Waals surface area contributed by atoms with E-state index in [2.05, 4.69) is 15.9 Å². The van der Waals surface area contributed by atoms with Gasteiger partial charge in [0.2, 0.25) is 5.91 Å². The molecule has 2 heterocycles. The summed E-state index contributed by atoms with van der Waals surface area (Å²) in [6.45, 7) is 3.33. The Balaban J connectivity index is 1.51. The van der Waals surface area contributed by atoms with Crippen molar-refractivity contribution in [2.45, 2.75) is 6.92 Å². The standard InChI is InChI=1S/C25H23BrN2O7S/c1-15-3-5-17(6-4-15)24(31)35-22-18(26)11-16(12-19(22)33-2)13-20-23(30)28(25(32)36-20)14-21(29)27-7-9-34-10-8-27/h3-6,11-13H,7-10,14H2,1-2H3/b20-13-. The number of esters is 1. The molecule has 0 unspecified atom stereocenters. The van der Waals surface area contributed by atoms with Crippen LogP contribution in [0.25, 0.3) is 6.08 Å². The summed E-state index contributed by atoms with van der Waals surface area (Å²) in [7, 11) is 1.43. The number of ether oxygens (including phenoxy) is 3. The van der Waals surface area contributed by atoms with Crippen molar-refractivity contribution in [2.24, 2.45) is 0 Å². The summed E-state index contributed by atoms with van der Waals surface area (Å²) in [4.78, 5) is 53.1. The second-order valence-corrected chi connectivity index (χ2v) is 9.90. The lowest BCUT2D eigenvalue weighted by Gasteiger charge is -2.28. The highest BCUT2D eigenvalue weighted by molar-refractivity contribution is 9.10. The van der Waals surface area contributed by atoms with E-state index < -0.39 is 17.1 Å². The number of methoxy groups -OCH3 is 1. The topological polar surface area (TPSA) is 102 Å². The lowest BCUT2D eigenvalue weighted by atomic mass is 10.1. The lowest BCUT2D eigenvalue weighted by Crippen LogP contribution is -2.46. The SMILES string of the molecule is COc1cc(/C=C2\SC(=O)N(CC(=O)N3CCOCC3)C2=O)cc(Br)c1OC(=O)c1ccc(C)cc1. The molecule has 2 aromatic carbocycles. The van der Waals surface area contributed by atoms with Gasteiger partial charge in [-0.2, -0.15) is 0 Å². The van der Waals surface area contributed by atoms with Crippen LogP contribution in [-0.2, 0) is 14.3 Å². The minimum absolute atomic E-state index is 0.174. The number of halogens is 1. The Morgan fingerprint density at radius 1 is 1.14 bits per heavy atom. The van der Waals surface area contributed by atoms with E-state index in [0.717, 1.165) is 22.2 Å². The van der Waals surface area contributed by atoms with Crippen molar-refractivity contribution in [1.82, 2.24) is 9.80 Å². The van der Waals surface area contributed by atoms with Gasteiger partial charge in [-0.05, 0) is 70.5 Å². The van der Waals surface area contributed by atoms with Gasteiger partial charge in [0.05, 0.1) is 35.3 Å². The predicted molar refractivity (Wildman–Crippen MR) is 137 cm³/mol. The third-order valence-corrected chi connectivity index (χ3v) is 7.06. The van der Waals surface area contributed by atoms with Crippen LogP contribution in [0.5, 0.6) is 11.5 Å². The Kier molecular flexibility index (Phi) is 8.12. The van der Waals surface area contributed by atoms with Crippen LogP contribution in [0.2, 0.25) is 0 Å². The molecular weight excluding hydrogens is 552 g/mol. The summed E-state index contributed by atoms with van der Waals surface area (Å²) in [5.74, 6) is -0.947. The number of hydrogen-bond donors (Lipinski definition) is 0. The minimum atomic E-state index is -0.548. The minimum Gasteiger partial charge on any atom is -0.493 e. The number of thioether (sulfide) groups is 1. The Morgan fingerprint density at radius 2 is 1.83 bits per heavy atom. The monoisotopic (exact) mass is 574 g/mol. The van der Waals surface area contributed by atoms with Crippen LogP contribution in [0.3, 0.4) is 0 Å². The van der Waals surface area contributed by atoms with Crippen molar-refractivity contribution in [2.75, 3.05) is 40.0 Å². The maximum absolute atomic E-state index is 12.9. The molecule has 11 heteroatoms. The normalized spacial score (nSPS) is 17.0. The molecule has 188 valence electrons. The molecule has 2 saturated heterocycles. The largest absolute Gasteiger partial charge is 0.493 e. The zero-order chi connectivity index (χ0) is 25.8. The third-order valence-electron chi connectivity index (χ3n) is 5.56. The lowest BCUT2D eigenvalue weighted by molar-refractivity contribution is -0.139. The molecule has 0 N–H and O–H groups in total. The molecule has 2 fully saturated rings. The van der Waals surface area contributed by atoms with Gasteiger partial charge in [-0.1, -0.05) is 17.7 Å². The number of imide groups is 1. The first-order valence-electron chi connectivity index (χ1n) is 11.0. The zero-order valence-corrected chi connectivity index (χ0v) is 22.0. The molecule has 2 aliphatic heterocycles. The maximum atomic E-state index is 12.9. The molecule has 0 spiro atoms. The van der Waals surface area contributed by atoms with Gasteiger partial charge >= 0.3 is 5.97 Å². The van der Waals surface area contributed by atoms with Gasteiger partial charge in [0, 0.05) is 13.1 Å². The number of carbonyl (C=O) groups excluding carboxylic acids is 4. The molecule has 36 heavy (non-hydrogen) atoms. The van der Waals surface area contributed by atoms with Gasteiger partial charge in [0.15, 0.2) is 11.5 Å². The van der Waals surface area contributed by atoms with Crippen LogP contribution in [0.1, 0.15) is 21.5 Å². The number of morpholine rings is 1. The molecule has 0 aromatic heterocycles. The Labute approximate surface area is 220 Å². The maximum Gasteiger partial charge on any atom is 0.343 e. The molecule has 9 nitrogen and oxygen atoms in total. The van der Waals surface area contributed by atoms with Gasteiger partial charge in [-0.25, -0.2) is 4.79 Å². The number of benzene rings is 2. The van der Waals surface area contributed by atoms with Crippen LogP contribution < -0.4 is 9.47 Å². The van der Waals surface area contributed by atoms with Crippen molar-refractivity contribution in [3.63, 3.8) is 0 Å². The van der Waals surface area contributed by atoms with Crippen molar-refractivity contribution in [1.29, 1.82) is 0 Å². The number of carbonyl (C=O) groups is 4. The van der Waals surface area contributed by atoms with Crippen molar-refractivity contribution < 1.29 is 33.4 Å². The van der Waals surface area contributed by atoms with Gasteiger partial charge in [-0.15, -0.1) is 0 Å². The molecule has 0 aliphatic carbocycles. The molecular formula is C25H23BrN2O7S. The molecule has 2 aliphatic rings.